The highest BCUT2D eigenvalue weighted by Gasteiger charge is 2.28. The summed E-state index contributed by atoms with van der Waals surface area (Å²) in [6, 6.07) is 0. The molecular weight excluding hydrogens is 166 g/mol. The molecule has 2 N–H and O–H groups in total. The average Bonchev–Trinajstić information content (AvgIpc) is 2.30. The zero-order valence-electron chi connectivity index (χ0n) is 8.40. The van der Waals surface area contributed by atoms with Gasteiger partial charge in [0.05, 0.1) is 12.2 Å². The lowest BCUT2D eigenvalue weighted by Gasteiger charge is -2.12. The highest BCUT2D eigenvalue weighted by atomic mass is 16.3. The summed E-state index contributed by atoms with van der Waals surface area (Å²) in [5.41, 5.74) is 1.32. The fraction of sp³-hybridized carbons (Fsp3) is 0.800. The predicted octanol–water partition coefficient (Wildman–Crippen LogP) is 0.380. The van der Waals surface area contributed by atoms with Crippen LogP contribution in [0.4, 0.5) is 0 Å². The van der Waals surface area contributed by atoms with Gasteiger partial charge in [0.1, 0.15) is 0 Å². The summed E-state index contributed by atoms with van der Waals surface area (Å²) in [7, 11) is 0. The lowest BCUT2D eigenvalue weighted by Crippen LogP contribution is -2.22. The van der Waals surface area contributed by atoms with Crippen molar-refractivity contribution in [2.45, 2.75) is 32.5 Å². The first kappa shape index (κ1) is 10.7. The third-order valence-corrected chi connectivity index (χ3v) is 2.33. The summed E-state index contributed by atoms with van der Waals surface area (Å²) in [4.78, 5) is 2.09. The van der Waals surface area contributed by atoms with E-state index in [4.69, 9.17) is 0 Å². The number of β-amino-alcohol motifs (C(OH)–C–C–N with tert-alkyl or cyclic N) is 2. The van der Waals surface area contributed by atoms with Gasteiger partial charge in [-0.15, -0.1) is 0 Å². The van der Waals surface area contributed by atoms with Gasteiger partial charge in [-0.3, -0.25) is 4.90 Å². The highest BCUT2D eigenvalue weighted by molar-refractivity contribution is 4.94. The Labute approximate surface area is 79.7 Å². The Bertz CT molecular complexity index is 177. The molecule has 0 aromatic rings. The topological polar surface area (TPSA) is 43.7 Å². The first-order valence-corrected chi connectivity index (χ1v) is 4.81. The fourth-order valence-electron chi connectivity index (χ4n) is 1.57. The number of nitrogens with zero attached hydrogens (tertiary/aromatic N) is 1. The van der Waals surface area contributed by atoms with Gasteiger partial charge in [-0.25, -0.2) is 0 Å². The SMILES string of the molecule is CC(C)=CCCN1C[C@@H](O)[C@@H](O)C1. The standard InChI is InChI=1S/C10H19NO2/c1-8(2)4-3-5-11-6-9(12)10(13)7-11/h4,9-10,12-13H,3,5-7H2,1-2H3/t9-,10+. The number of allylic oxidation sites excluding steroid dienone is 1. The molecular formula is C10H19NO2. The van der Waals surface area contributed by atoms with Crippen LogP contribution < -0.4 is 0 Å². The summed E-state index contributed by atoms with van der Waals surface area (Å²) in [5.74, 6) is 0. The van der Waals surface area contributed by atoms with Crippen LogP contribution in [0.3, 0.4) is 0 Å². The van der Waals surface area contributed by atoms with Crippen LogP contribution in [0.25, 0.3) is 0 Å². The minimum Gasteiger partial charge on any atom is -0.389 e. The van der Waals surface area contributed by atoms with Crippen LogP contribution in [-0.4, -0.2) is 47.0 Å². The molecule has 2 atom stereocenters. The number of aliphatic hydroxyl groups excluding tert-OH is 2. The zero-order valence-corrected chi connectivity index (χ0v) is 8.40. The Hall–Kier alpha value is -0.380. The van der Waals surface area contributed by atoms with Crippen molar-refractivity contribution in [3.8, 4) is 0 Å². The van der Waals surface area contributed by atoms with Crippen LogP contribution in [-0.2, 0) is 0 Å². The molecule has 3 heteroatoms. The summed E-state index contributed by atoms with van der Waals surface area (Å²) >= 11 is 0. The summed E-state index contributed by atoms with van der Waals surface area (Å²) in [5, 5.41) is 18.5. The van der Waals surface area contributed by atoms with Crippen LogP contribution in [0, 0.1) is 0 Å². The molecule has 1 rings (SSSR count). The Morgan fingerprint density at radius 2 is 1.85 bits per heavy atom. The highest BCUT2D eigenvalue weighted by Crippen LogP contribution is 2.10. The lowest BCUT2D eigenvalue weighted by molar-refractivity contribution is 0.0572. The van der Waals surface area contributed by atoms with Gasteiger partial charge in [-0.2, -0.15) is 0 Å². The second-order valence-corrected chi connectivity index (χ2v) is 3.96. The zero-order chi connectivity index (χ0) is 9.84. The molecule has 76 valence electrons. The predicted molar refractivity (Wildman–Crippen MR) is 52.5 cm³/mol. The first-order valence-electron chi connectivity index (χ1n) is 4.81. The molecule has 0 unspecified atom stereocenters. The molecule has 1 saturated heterocycles. The molecule has 13 heavy (non-hydrogen) atoms. The van der Waals surface area contributed by atoms with Gasteiger partial charge in [0.15, 0.2) is 0 Å². The molecule has 1 fully saturated rings. The molecule has 0 bridgehead atoms. The Balaban J connectivity index is 2.21. The van der Waals surface area contributed by atoms with Gasteiger partial charge in [-0.05, 0) is 20.3 Å². The van der Waals surface area contributed by atoms with E-state index in [9.17, 15) is 10.2 Å². The number of aliphatic hydroxyl groups is 2. The van der Waals surface area contributed by atoms with Crippen molar-refractivity contribution in [3.05, 3.63) is 11.6 Å². The first-order chi connectivity index (χ1) is 6.09. The van der Waals surface area contributed by atoms with E-state index in [1.165, 1.54) is 5.57 Å². The van der Waals surface area contributed by atoms with Crippen molar-refractivity contribution >= 4 is 0 Å². The van der Waals surface area contributed by atoms with E-state index in [0.717, 1.165) is 13.0 Å². The number of rotatable bonds is 3. The monoisotopic (exact) mass is 185 g/mol. The number of likely N-dealkylation sites (tertiary alicyclic amines) is 1. The van der Waals surface area contributed by atoms with Crippen molar-refractivity contribution in [1.82, 2.24) is 4.90 Å². The maximum atomic E-state index is 9.27. The third kappa shape index (κ3) is 3.46. The summed E-state index contributed by atoms with van der Waals surface area (Å²) in [6.07, 6.45) is 2.08. The van der Waals surface area contributed by atoms with Crippen LogP contribution in [0.5, 0.6) is 0 Å². The molecule has 0 amide bonds. The van der Waals surface area contributed by atoms with Crippen molar-refractivity contribution in [2.75, 3.05) is 19.6 Å². The molecule has 0 aromatic carbocycles. The minimum atomic E-state index is -0.549. The smallest absolute Gasteiger partial charge is 0.0938 e. The maximum absolute atomic E-state index is 9.27. The van der Waals surface area contributed by atoms with E-state index in [1.807, 2.05) is 0 Å². The molecule has 0 aliphatic carbocycles. The van der Waals surface area contributed by atoms with Crippen molar-refractivity contribution in [3.63, 3.8) is 0 Å². The van der Waals surface area contributed by atoms with Gasteiger partial charge >= 0.3 is 0 Å². The molecule has 0 saturated carbocycles. The number of hydrogen-bond acceptors (Lipinski definition) is 3. The molecule has 1 heterocycles. The second kappa shape index (κ2) is 4.74. The van der Waals surface area contributed by atoms with Crippen LogP contribution in [0.15, 0.2) is 11.6 Å². The van der Waals surface area contributed by atoms with E-state index in [-0.39, 0.29) is 0 Å². The van der Waals surface area contributed by atoms with E-state index < -0.39 is 12.2 Å². The van der Waals surface area contributed by atoms with E-state index in [2.05, 4.69) is 24.8 Å². The number of hydrogen-bond donors (Lipinski definition) is 2. The molecule has 0 aromatic heterocycles. The Morgan fingerprint density at radius 3 is 2.31 bits per heavy atom. The normalized spacial score (nSPS) is 29.2. The van der Waals surface area contributed by atoms with Crippen LogP contribution >= 0.6 is 0 Å². The van der Waals surface area contributed by atoms with E-state index in [1.54, 1.807) is 0 Å². The lowest BCUT2D eigenvalue weighted by atomic mass is 10.2. The van der Waals surface area contributed by atoms with Gasteiger partial charge in [-0.1, -0.05) is 11.6 Å². The van der Waals surface area contributed by atoms with Crippen molar-refractivity contribution in [1.29, 1.82) is 0 Å². The van der Waals surface area contributed by atoms with Crippen molar-refractivity contribution in [2.24, 2.45) is 0 Å². The Morgan fingerprint density at radius 1 is 1.31 bits per heavy atom. The van der Waals surface area contributed by atoms with E-state index in [0.29, 0.717) is 13.1 Å². The minimum absolute atomic E-state index is 0.549. The van der Waals surface area contributed by atoms with E-state index >= 15 is 0 Å². The van der Waals surface area contributed by atoms with Gasteiger partial charge in [0, 0.05) is 19.6 Å². The molecule has 0 spiro atoms. The van der Waals surface area contributed by atoms with Gasteiger partial charge < -0.3 is 10.2 Å². The maximum Gasteiger partial charge on any atom is 0.0938 e. The fourth-order valence-corrected chi connectivity index (χ4v) is 1.57. The molecule has 3 nitrogen and oxygen atoms in total. The quantitative estimate of drug-likeness (QED) is 0.625. The van der Waals surface area contributed by atoms with Gasteiger partial charge in [0.2, 0.25) is 0 Å². The van der Waals surface area contributed by atoms with Crippen molar-refractivity contribution < 1.29 is 10.2 Å². The summed E-state index contributed by atoms with van der Waals surface area (Å²) < 4.78 is 0. The molecule has 0 radical (unpaired) electrons. The summed E-state index contributed by atoms with van der Waals surface area (Å²) in [6.45, 7) is 6.30. The Kier molecular flexibility index (Phi) is 3.90. The van der Waals surface area contributed by atoms with Crippen LogP contribution in [0.2, 0.25) is 0 Å². The second-order valence-electron chi connectivity index (χ2n) is 3.96. The molecule has 1 aliphatic rings. The largest absolute Gasteiger partial charge is 0.389 e. The van der Waals surface area contributed by atoms with Gasteiger partial charge in [0.25, 0.3) is 0 Å². The third-order valence-electron chi connectivity index (χ3n) is 2.33. The van der Waals surface area contributed by atoms with Crippen LogP contribution in [0.1, 0.15) is 20.3 Å². The molecule has 1 aliphatic heterocycles. The average molecular weight is 185 g/mol.